The summed E-state index contributed by atoms with van der Waals surface area (Å²) in [7, 11) is 0. The number of benzene rings is 1. The van der Waals surface area contributed by atoms with E-state index in [1.807, 2.05) is 6.07 Å². The highest BCUT2D eigenvalue weighted by molar-refractivity contribution is 6.07. The zero-order chi connectivity index (χ0) is 29.6. The number of rotatable bonds is 8. The number of aliphatic carboxylic acids is 1. The normalized spacial score (nSPS) is 14.2. The quantitative estimate of drug-likeness (QED) is 0.316. The molecule has 0 bridgehead atoms. The van der Waals surface area contributed by atoms with Gasteiger partial charge in [-0.3, -0.25) is 9.78 Å². The molecule has 1 aromatic carbocycles. The highest BCUT2D eigenvalue weighted by Gasteiger charge is 2.24. The van der Waals surface area contributed by atoms with Gasteiger partial charge >= 0.3 is 12.1 Å². The van der Waals surface area contributed by atoms with Gasteiger partial charge < -0.3 is 35.8 Å². The summed E-state index contributed by atoms with van der Waals surface area (Å²) in [6.45, 7) is 7.63. The lowest BCUT2D eigenvalue weighted by atomic mass is 10.0. The van der Waals surface area contributed by atoms with E-state index < -0.39 is 29.6 Å². The second kappa shape index (κ2) is 12.6. The molecule has 2 amide bonds. The number of pyridine rings is 1. The van der Waals surface area contributed by atoms with E-state index in [-0.39, 0.29) is 17.9 Å². The van der Waals surface area contributed by atoms with Gasteiger partial charge in [-0.2, -0.15) is 0 Å². The van der Waals surface area contributed by atoms with Crippen LogP contribution in [-0.2, 0) is 20.7 Å². The van der Waals surface area contributed by atoms with Crippen molar-refractivity contribution in [2.24, 2.45) is 0 Å². The van der Waals surface area contributed by atoms with Crippen LogP contribution in [0.4, 0.5) is 22.0 Å². The molecule has 1 atom stereocenters. The number of carbonyl (C=O) groups excluding carboxylic acids is 2. The van der Waals surface area contributed by atoms with E-state index in [4.69, 9.17) is 15.2 Å². The summed E-state index contributed by atoms with van der Waals surface area (Å²) in [6, 6.07) is 7.51. The van der Waals surface area contributed by atoms with E-state index in [0.717, 1.165) is 5.69 Å². The lowest BCUT2D eigenvalue weighted by molar-refractivity contribution is -0.139. The second-order valence-electron chi connectivity index (χ2n) is 10.4. The standard InChI is InChI=1S/C28H33N7O6/c1-28(2,3)41-27(39)34-19(26(37)38)14-17-4-6-18(7-5-17)20-16-31-24(29)23(32-20)25(36)33-21-15-30-9-8-22(21)35-10-12-40-13-11-35/h4-9,15-16,19H,10-14H2,1-3H3,(H2,29,31)(H,33,36)(H,34,39)(H,37,38)/t19-/m1/s1. The molecule has 216 valence electrons. The predicted octanol–water partition coefficient (Wildman–Crippen LogP) is 2.73. The largest absolute Gasteiger partial charge is 0.480 e. The van der Waals surface area contributed by atoms with Crippen molar-refractivity contribution in [1.29, 1.82) is 0 Å². The summed E-state index contributed by atoms with van der Waals surface area (Å²) in [5, 5.41) is 14.8. The van der Waals surface area contributed by atoms with Gasteiger partial charge in [-0.1, -0.05) is 24.3 Å². The number of anilines is 3. The molecule has 0 spiro atoms. The molecule has 1 aliphatic rings. The summed E-state index contributed by atoms with van der Waals surface area (Å²) in [4.78, 5) is 51.8. The van der Waals surface area contributed by atoms with Gasteiger partial charge in [0.15, 0.2) is 11.5 Å². The lowest BCUT2D eigenvalue weighted by Crippen LogP contribution is -2.44. The van der Waals surface area contributed by atoms with Gasteiger partial charge in [0.2, 0.25) is 0 Å². The van der Waals surface area contributed by atoms with Crippen LogP contribution in [0.3, 0.4) is 0 Å². The highest BCUT2D eigenvalue weighted by Crippen LogP contribution is 2.27. The van der Waals surface area contributed by atoms with Gasteiger partial charge in [-0.25, -0.2) is 19.6 Å². The third kappa shape index (κ3) is 7.88. The maximum atomic E-state index is 13.2. The number of carbonyl (C=O) groups is 3. The molecule has 2 aromatic heterocycles. The Labute approximate surface area is 237 Å². The number of alkyl carbamates (subject to hydrolysis) is 1. The van der Waals surface area contributed by atoms with Crippen LogP contribution in [0.1, 0.15) is 36.8 Å². The fraction of sp³-hybridized carbons (Fsp3) is 0.357. The third-order valence-electron chi connectivity index (χ3n) is 6.09. The van der Waals surface area contributed by atoms with Crippen LogP contribution in [0.5, 0.6) is 0 Å². The van der Waals surface area contributed by atoms with Crippen molar-refractivity contribution in [1.82, 2.24) is 20.3 Å². The van der Waals surface area contributed by atoms with E-state index in [1.165, 1.54) is 6.20 Å². The fourth-order valence-corrected chi connectivity index (χ4v) is 4.15. The van der Waals surface area contributed by atoms with Gasteiger partial charge in [0.25, 0.3) is 5.91 Å². The van der Waals surface area contributed by atoms with Crippen LogP contribution in [0.2, 0.25) is 0 Å². The molecule has 1 fully saturated rings. The summed E-state index contributed by atoms with van der Waals surface area (Å²) >= 11 is 0. The molecular formula is C28H33N7O6. The average molecular weight is 564 g/mol. The average Bonchev–Trinajstić information content (AvgIpc) is 2.93. The number of amides is 2. The molecule has 1 saturated heterocycles. The van der Waals surface area contributed by atoms with Crippen LogP contribution < -0.4 is 21.3 Å². The van der Waals surface area contributed by atoms with Crippen LogP contribution in [0.15, 0.2) is 48.9 Å². The minimum Gasteiger partial charge on any atom is -0.480 e. The number of nitrogens with two attached hydrogens (primary N) is 1. The Morgan fingerprint density at radius 3 is 2.49 bits per heavy atom. The number of nitrogen functional groups attached to an aromatic ring is 1. The van der Waals surface area contributed by atoms with Gasteiger partial charge in [0.05, 0.1) is 42.7 Å². The predicted molar refractivity (Wildman–Crippen MR) is 152 cm³/mol. The lowest BCUT2D eigenvalue weighted by Gasteiger charge is -2.30. The van der Waals surface area contributed by atoms with E-state index in [2.05, 4.69) is 30.5 Å². The summed E-state index contributed by atoms with van der Waals surface area (Å²) in [5.41, 5.74) is 8.24. The Morgan fingerprint density at radius 2 is 1.83 bits per heavy atom. The number of morpholine rings is 1. The first-order chi connectivity index (χ1) is 19.5. The molecule has 41 heavy (non-hydrogen) atoms. The molecule has 1 aliphatic heterocycles. The SMILES string of the molecule is CC(C)(C)OC(=O)N[C@H](Cc1ccc(-c2cnc(N)c(C(=O)Nc3cnccc3N3CCOCC3)n2)cc1)C(=O)O. The Kier molecular flexibility index (Phi) is 8.97. The molecule has 0 unspecified atom stereocenters. The van der Waals surface area contributed by atoms with Crippen LogP contribution >= 0.6 is 0 Å². The molecule has 13 nitrogen and oxygen atoms in total. The van der Waals surface area contributed by atoms with Crippen molar-refractivity contribution < 1.29 is 29.0 Å². The Morgan fingerprint density at radius 1 is 1.12 bits per heavy atom. The summed E-state index contributed by atoms with van der Waals surface area (Å²) < 4.78 is 10.6. The van der Waals surface area contributed by atoms with Crippen molar-refractivity contribution in [2.75, 3.05) is 42.3 Å². The van der Waals surface area contributed by atoms with Gasteiger partial charge in [0, 0.05) is 31.3 Å². The molecule has 3 aromatic rings. The number of hydrogen-bond acceptors (Lipinski definition) is 10. The number of nitrogens with zero attached hydrogens (tertiary/aromatic N) is 4. The van der Waals surface area contributed by atoms with Crippen LogP contribution in [0, 0.1) is 0 Å². The monoisotopic (exact) mass is 563 g/mol. The number of aromatic nitrogens is 3. The number of carboxylic acid groups (broad SMARTS) is 1. The first-order valence-corrected chi connectivity index (χ1v) is 13.0. The maximum absolute atomic E-state index is 13.2. The topological polar surface area (TPSA) is 182 Å². The molecular weight excluding hydrogens is 530 g/mol. The number of carboxylic acids is 1. The summed E-state index contributed by atoms with van der Waals surface area (Å²) in [6.07, 6.45) is 3.90. The third-order valence-corrected chi connectivity index (χ3v) is 6.09. The van der Waals surface area contributed by atoms with Crippen molar-refractivity contribution in [3.63, 3.8) is 0 Å². The van der Waals surface area contributed by atoms with Crippen LogP contribution in [-0.4, -0.2) is 76.0 Å². The number of ether oxygens (including phenoxy) is 2. The van der Waals surface area contributed by atoms with Gasteiger partial charge in [0.1, 0.15) is 11.6 Å². The Hall–Kier alpha value is -4.78. The summed E-state index contributed by atoms with van der Waals surface area (Å²) in [5.74, 6) is -1.75. The number of hydrogen-bond donors (Lipinski definition) is 4. The zero-order valence-corrected chi connectivity index (χ0v) is 23.1. The van der Waals surface area contributed by atoms with Crippen LogP contribution in [0.25, 0.3) is 11.3 Å². The molecule has 0 aliphatic carbocycles. The number of nitrogens with one attached hydrogen (secondary N) is 2. The van der Waals surface area contributed by atoms with E-state index in [0.29, 0.717) is 48.8 Å². The smallest absolute Gasteiger partial charge is 0.408 e. The van der Waals surface area contributed by atoms with Crippen molar-refractivity contribution in [3.05, 3.63) is 60.2 Å². The molecule has 5 N–H and O–H groups in total. The zero-order valence-electron chi connectivity index (χ0n) is 23.1. The van der Waals surface area contributed by atoms with Crippen molar-refractivity contribution in [3.8, 4) is 11.3 Å². The molecule has 4 rings (SSSR count). The van der Waals surface area contributed by atoms with E-state index in [1.54, 1.807) is 57.4 Å². The first kappa shape index (κ1) is 29.2. The maximum Gasteiger partial charge on any atom is 0.408 e. The molecule has 13 heteroatoms. The molecule has 3 heterocycles. The highest BCUT2D eigenvalue weighted by atomic mass is 16.6. The fourth-order valence-electron chi connectivity index (χ4n) is 4.15. The minimum absolute atomic E-state index is 0.0304. The van der Waals surface area contributed by atoms with E-state index in [9.17, 15) is 19.5 Å². The van der Waals surface area contributed by atoms with Crippen molar-refractivity contribution >= 4 is 35.2 Å². The van der Waals surface area contributed by atoms with Gasteiger partial charge in [-0.15, -0.1) is 0 Å². The minimum atomic E-state index is -1.19. The second-order valence-corrected chi connectivity index (χ2v) is 10.4. The van der Waals surface area contributed by atoms with Crippen molar-refractivity contribution in [2.45, 2.75) is 38.8 Å². The molecule has 0 saturated carbocycles. The Balaban J connectivity index is 1.48. The molecule has 0 radical (unpaired) electrons. The van der Waals surface area contributed by atoms with E-state index >= 15 is 0 Å². The van der Waals surface area contributed by atoms with Gasteiger partial charge in [-0.05, 0) is 32.4 Å². The Bertz CT molecular complexity index is 1400. The first-order valence-electron chi connectivity index (χ1n) is 13.0.